The number of rotatable bonds is 11. The van der Waals surface area contributed by atoms with Crippen molar-refractivity contribution in [2.45, 2.75) is 6.92 Å². The van der Waals surface area contributed by atoms with Crippen LogP contribution in [-0.4, -0.2) is 44.3 Å². The lowest BCUT2D eigenvalue weighted by atomic mass is 10.2. The molecule has 0 aliphatic rings. The highest BCUT2D eigenvalue weighted by Gasteiger charge is 2.15. The van der Waals surface area contributed by atoms with Crippen LogP contribution < -0.4 is 30.3 Å². The normalized spacial score (nSPS) is 10.4. The van der Waals surface area contributed by atoms with Crippen molar-refractivity contribution in [3.05, 3.63) is 89.5 Å². The van der Waals surface area contributed by atoms with Crippen LogP contribution in [0.1, 0.15) is 11.1 Å². The van der Waals surface area contributed by atoms with Crippen molar-refractivity contribution in [2.24, 2.45) is 5.10 Å². The van der Waals surface area contributed by atoms with E-state index in [4.69, 9.17) is 25.8 Å². The number of aryl methyl sites for hydroxylation is 1. The third kappa shape index (κ3) is 8.90. The molecule has 3 N–H and O–H groups in total. The van der Waals surface area contributed by atoms with E-state index < -0.39 is 11.8 Å². The molecule has 10 nitrogen and oxygen atoms in total. The minimum absolute atomic E-state index is 0.156. The lowest BCUT2D eigenvalue weighted by Gasteiger charge is -2.13. The smallest absolute Gasteiger partial charge is 0.329 e. The number of ether oxygens (including phenoxy) is 3. The number of hydrazone groups is 1. The van der Waals surface area contributed by atoms with Crippen LogP contribution in [0.15, 0.2) is 78.4 Å². The third-order valence-corrected chi connectivity index (χ3v) is 5.28. The summed E-state index contributed by atoms with van der Waals surface area (Å²) in [7, 11) is 1.41. The van der Waals surface area contributed by atoms with Crippen molar-refractivity contribution in [1.29, 1.82) is 0 Å². The zero-order valence-electron chi connectivity index (χ0n) is 21.3. The van der Waals surface area contributed by atoms with E-state index in [2.05, 4.69) is 27.7 Å². The van der Waals surface area contributed by atoms with E-state index in [1.54, 1.807) is 48.5 Å². The van der Waals surface area contributed by atoms with Gasteiger partial charge in [-0.05, 0) is 61.0 Å². The van der Waals surface area contributed by atoms with Crippen molar-refractivity contribution >= 4 is 46.9 Å². The Bertz CT molecular complexity index is 1360. The van der Waals surface area contributed by atoms with Crippen molar-refractivity contribution in [3.8, 4) is 17.2 Å². The molecule has 0 aromatic heterocycles. The molecule has 11 heteroatoms. The lowest BCUT2D eigenvalue weighted by molar-refractivity contribution is -0.136. The van der Waals surface area contributed by atoms with Crippen LogP contribution in [0.4, 0.5) is 11.4 Å². The van der Waals surface area contributed by atoms with Crippen molar-refractivity contribution < 1.29 is 28.6 Å². The summed E-state index contributed by atoms with van der Waals surface area (Å²) in [5.74, 6) is -1.25. The fourth-order valence-electron chi connectivity index (χ4n) is 3.12. The molecule has 0 heterocycles. The van der Waals surface area contributed by atoms with E-state index in [9.17, 15) is 14.4 Å². The summed E-state index contributed by atoms with van der Waals surface area (Å²) in [6.07, 6.45) is 2.89. The molecule has 0 saturated heterocycles. The van der Waals surface area contributed by atoms with Gasteiger partial charge in [-0.3, -0.25) is 14.4 Å². The molecule has 0 spiro atoms. The van der Waals surface area contributed by atoms with Gasteiger partial charge >= 0.3 is 11.8 Å². The average Bonchev–Trinajstić information content (AvgIpc) is 2.93. The number of anilines is 2. The number of hydrogen-bond acceptors (Lipinski definition) is 7. The van der Waals surface area contributed by atoms with E-state index in [-0.39, 0.29) is 29.0 Å². The molecule has 0 unspecified atom stereocenters. The summed E-state index contributed by atoms with van der Waals surface area (Å²) in [6.45, 7) is 5.57. The summed E-state index contributed by atoms with van der Waals surface area (Å²) < 4.78 is 16.3. The van der Waals surface area contributed by atoms with Gasteiger partial charge in [-0.15, -0.1) is 0 Å². The molecule has 3 amide bonds. The predicted molar refractivity (Wildman–Crippen MR) is 150 cm³/mol. The van der Waals surface area contributed by atoms with Crippen LogP contribution in [0.2, 0.25) is 5.02 Å². The van der Waals surface area contributed by atoms with Gasteiger partial charge in [0.15, 0.2) is 18.1 Å². The maximum atomic E-state index is 12.3. The zero-order valence-corrected chi connectivity index (χ0v) is 22.1. The van der Waals surface area contributed by atoms with Crippen LogP contribution in [0.25, 0.3) is 0 Å². The molecule has 3 rings (SSSR count). The summed E-state index contributed by atoms with van der Waals surface area (Å²) in [4.78, 5) is 36.5. The van der Waals surface area contributed by atoms with Gasteiger partial charge in [0.2, 0.25) is 0 Å². The molecule has 0 radical (unpaired) electrons. The SMILES string of the molecule is C=CCOc1ccc(NC(=O)C(=O)N/N=C\c2cc(Cl)c(OCC(=O)Nc3ccc(C)cc3)c(OC)c2)cc1. The molecule has 0 atom stereocenters. The molecule has 0 saturated carbocycles. The van der Waals surface area contributed by atoms with Gasteiger partial charge < -0.3 is 24.8 Å². The summed E-state index contributed by atoms with van der Waals surface area (Å²) >= 11 is 6.33. The van der Waals surface area contributed by atoms with E-state index in [0.29, 0.717) is 29.3 Å². The zero-order chi connectivity index (χ0) is 28.2. The molecule has 202 valence electrons. The Morgan fingerprint density at radius 1 is 0.949 bits per heavy atom. The molecule has 39 heavy (non-hydrogen) atoms. The minimum Gasteiger partial charge on any atom is -0.493 e. The molecule has 3 aromatic rings. The van der Waals surface area contributed by atoms with Gasteiger partial charge in [-0.1, -0.05) is 42.0 Å². The first-order valence-electron chi connectivity index (χ1n) is 11.6. The maximum absolute atomic E-state index is 12.3. The van der Waals surface area contributed by atoms with Crippen LogP contribution in [0.5, 0.6) is 17.2 Å². The second kappa shape index (κ2) is 14.2. The number of carbonyl (C=O) groups is 3. The quantitative estimate of drug-likeness (QED) is 0.141. The number of halogens is 1. The number of nitrogens with one attached hydrogen (secondary N) is 3. The number of methoxy groups -OCH3 is 1. The lowest BCUT2D eigenvalue weighted by Crippen LogP contribution is -2.32. The van der Waals surface area contributed by atoms with E-state index in [1.807, 2.05) is 19.1 Å². The molecular weight excluding hydrogens is 524 g/mol. The van der Waals surface area contributed by atoms with Crippen molar-refractivity contribution in [2.75, 3.05) is 31.0 Å². The van der Waals surface area contributed by atoms with Gasteiger partial charge in [0.1, 0.15) is 12.4 Å². The van der Waals surface area contributed by atoms with E-state index in [0.717, 1.165) is 5.56 Å². The first-order valence-corrected chi connectivity index (χ1v) is 12.0. The summed E-state index contributed by atoms with van der Waals surface area (Å²) in [5, 5.41) is 9.14. The topological polar surface area (TPSA) is 127 Å². The number of carbonyl (C=O) groups excluding carboxylic acids is 3. The van der Waals surface area contributed by atoms with E-state index >= 15 is 0 Å². The Morgan fingerprint density at radius 3 is 2.28 bits per heavy atom. The molecular formula is C28H27ClN4O6. The van der Waals surface area contributed by atoms with Gasteiger partial charge in [0.25, 0.3) is 5.91 Å². The Labute approximate surface area is 230 Å². The molecule has 0 fully saturated rings. The Balaban J connectivity index is 1.54. The van der Waals surface area contributed by atoms with Crippen LogP contribution in [0, 0.1) is 6.92 Å². The highest BCUT2D eigenvalue weighted by molar-refractivity contribution is 6.39. The van der Waals surface area contributed by atoms with Crippen LogP contribution in [-0.2, 0) is 14.4 Å². The molecule has 0 aliphatic carbocycles. The first kappa shape index (κ1) is 28.7. The fourth-order valence-corrected chi connectivity index (χ4v) is 3.39. The number of hydrogen-bond donors (Lipinski definition) is 3. The highest BCUT2D eigenvalue weighted by atomic mass is 35.5. The second-order valence-electron chi connectivity index (χ2n) is 8.01. The highest BCUT2D eigenvalue weighted by Crippen LogP contribution is 2.36. The van der Waals surface area contributed by atoms with E-state index in [1.165, 1.54) is 19.4 Å². The monoisotopic (exact) mass is 550 g/mol. The Kier molecular flexibility index (Phi) is 10.5. The minimum atomic E-state index is -0.976. The maximum Gasteiger partial charge on any atom is 0.329 e. The largest absolute Gasteiger partial charge is 0.493 e. The third-order valence-electron chi connectivity index (χ3n) is 5.00. The van der Waals surface area contributed by atoms with Crippen molar-refractivity contribution in [1.82, 2.24) is 5.43 Å². The molecule has 3 aromatic carbocycles. The fraction of sp³-hybridized carbons (Fsp3) is 0.143. The molecule has 0 bridgehead atoms. The number of amides is 3. The first-order chi connectivity index (χ1) is 18.8. The second-order valence-corrected chi connectivity index (χ2v) is 8.42. The average molecular weight is 551 g/mol. The number of benzene rings is 3. The summed E-state index contributed by atoms with van der Waals surface area (Å²) in [6, 6.07) is 16.9. The van der Waals surface area contributed by atoms with Crippen LogP contribution >= 0.6 is 11.6 Å². The Morgan fingerprint density at radius 2 is 1.62 bits per heavy atom. The van der Waals surface area contributed by atoms with Crippen molar-refractivity contribution in [3.63, 3.8) is 0 Å². The van der Waals surface area contributed by atoms with Crippen LogP contribution in [0.3, 0.4) is 0 Å². The standard InChI is InChI=1S/C28H27ClN4O6/c1-4-13-38-22-11-9-21(10-12-22)32-27(35)28(36)33-30-16-19-14-23(29)26(24(15-19)37-3)39-17-25(34)31-20-7-5-18(2)6-8-20/h4-12,14-16H,1,13,17H2,2-3H3,(H,31,34)(H,32,35)(H,33,36)/b30-16-. The molecule has 0 aliphatic heterocycles. The van der Waals surface area contributed by atoms with Gasteiger partial charge in [-0.2, -0.15) is 5.10 Å². The van der Waals surface area contributed by atoms with Gasteiger partial charge in [-0.25, -0.2) is 5.43 Å². The van der Waals surface area contributed by atoms with Gasteiger partial charge in [0.05, 0.1) is 18.3 Å². The number of nitrogens with zero attached hydrogens (tertiary/aromatic N) is 1. The van der Waals surface area contributed by atoms with Gasteiger partial charge in [0, 0.05) is 11.4 Å². The summed E-state index contributed by atoms with van der Waals surface area (Å²) in [5.41, 5.74) is 4.71. The Hall–Kier alpha value is -4.83. The predicted octanol–water partition coefficient (Wildman–Crippen LogP) is 4.33.